The van der Waals surface area contributed by atoms with Crippen LogP contribution >= 0.6 is 50.9 Å². The highest BCUT2D eigenvalue weighted by Gasteiger charge is 2.00. The SMILES string of the molecule is Clc1ccc(SCCOc2ccc(Br)cc2)cc1Cl. The number of benzene rings is 2. The topological polar surface area (TPSA) is 9.23 Å². The van der Waals surface area contributed by atoms with Gasteiger partial charge in [0.2, 0.25) is 0 Å². The zero-order valence-corrected chi connectivity index (χ0v) is 13.8. The van der Waals surface area contributed by atoms with E-state index in [1.165, 1.54) is 0 Å². The van der Waals surface area contributed by atoms with Crippen LogP contribution in [0.1, 0.15) is 0 Å². The maximum atomic E-state index is 5.96. The molecule has 0 amide bonds. The van der Waals surface area contributed by atoms with E-state index in [1.54, 1.807) is 11.8 Å². The summed E-state index contributed by atoms with van der Waals surface area (Å²) in [6, 6.07) is 13.4. The summed E-state index contributed by atoms with van der Waals surface area (Å²) in [5.41, 5.74) is 0. The van der Waals surface area contributed by atoms with Crippen LogP contribution in [0.5, 0.6) is 5.75 Å². The lowest BCUT2D eigenvalue weighted by Gasteiger charge is -2.06. The van der Waals surface area contributed by atoms with Crippen molar-refractivity contribution in [3.63, 3.8) is 0 Å². The minimum atomic E-state index is 0.581. The van der Waals surface area contributed by atoms with Crippen molar-refractivity contribution < 1.29 is 4.74 Å². The first-order valence-electron chi connectivity index (χ1n) is 5.61. The summed E-state index contributed by atoms with van der Waals surface area (Å²) >= 11 is 16.9. The predicted octanol–water partition coefficient (Wildman–Crippen LogP) is 5.93. The van der Waals surface area contributed by atoms with Crippen molar-refractivity contribution in [2.45, 2.75) is 4.90 Å². The highest BCUT2D eigenvalue weighted by molar-refractivity contribution is 9.10. The fraction of sp³-hybridized carbons (Fsp3) is 0.143. The normalized spacial score (nSPS) is 10.5. The summed E-state index contributed by atoms with van der Waals surface area (Å²) in [5.74, 6) is 1.73. The fourth-order valence-corrected chi connectivity index (χ4v) is 2.81. The molecule has 0 atom stereocenters. The second-order valence-electron chi connectivity index (χ2n) is 3.73. The van der Waals surface area contributed by atoms with Gasteiger partial charge in [0.05, 0.1) is 16.7 Å². The minimum absolute atomic E-state index is 0.581. The number of halogens is 3. The zero-order valence-electron chi connectivity index (χ0n) is 9.91. The van der Waals surface area contributed by atoms with Crippen LogP contribution in [0.15, 0.2) is 51.8 Å². The molecule has 0 aliphatic heterocycles. The van der Waals surface area contributed by atoms with Crippen LogP contribution in [-0.2, 0) is 0 Å². The lowest BCUT2D eigenvalue weighted by molar-refractivity contribution is 0.344. The Morgan fingerprint density at radius 2 is 1.74 bits per heavy atom. The molecular weight excluding hydrogens is 367 g/mol. The first kappa shape index (κ1) is 15.0. The van der Waals surface area contributed by atoms with Gasteiger partial charge in [-0.25, -0.2) is 0 Å². The van der Waals surface area contributed by atoms with Crippen molar-refractivity contribution in [3.05, 3.63) is 57.0 Å². The summed E-state index contributed by atoms with van der Waals surface area (Å²) in [5, 5.41) is 1.16. The van der Waals surface area contributed by atoms with E-state index in [2.05, 4.69) is 15.9 Å². The summed E-state index contributed by atoms with van der Waals surface area (Å²) in [4.78, 5) is 1.09. The van der Waals surface area contributed by atoms with Crippen LogP contribution in [0, 0.1) is 0 Å². The Morgan fingerprint density at radius 3 is 2.42 bits per heavy atom. The third-order valence-corrected chi connectivity index (χ3v) is 4.55. The number of rotatable bonds is 5. The number of thioether (sulfide) groups is 1. The second-order valence-corrected chi connectivity index (χ2v) is 6.63. The molecule has 0 radical (unpaired) electrons. The van der Waals surface area contributed by atoms with Crippen LogP contribution in [0.2, 0.25) is 10.0 Å². The number of ether oxygens (including phenoxy) is 1. The van der Waals surface area contributed by atoms with Gasteiger partial charge in [-0.2, -0.15) is 0 Å². The first-order chi connectivity index (χ1) is 9.15. The maximum absolute atomic E-state index is 5.96. The third-order valence-electron chi connectivity index (χ3n) is 2.33. The lowest BCUT2D eigenvalue weighted by atomic mass is 10.3. The Bertz CT molecular complexity index is 546. The van der Waals surface area contributed by atoms with Crippen LogP contribution in [0.3, 0.4) is 0 Å². The van der Waals surface area contributed by atoms with Crippen molar-refractivity contribution in [2.75, 3.05) is 12.4 Å². The average molecular weight is 378 g/mol. The van der Waals surface area contributed by atoms with E-state index < -0.39 is 0 Å². The van der Waals surface area contributed by atoms with E-state index in [4.69, 9.17) is 27.9 Å². The lowest BCUT2D eigenvalue weighted by Crippen LogP contribution is -1.99. The Morgan fingerprint density at radius 1 is 1.00 bits per heavy atom. The minimum Gasteiger partial charge on any atom is -0.493 e. The van der Waals surface area contributed by atoms with Crippen LogP contribution < -0.4 is 4.74 Å². The molecule has 2 rings (SSSR count). The molecule has 2 aromatic rings. The highest BCUT2D eigenvalue weighted by Crippen LogP contribution is 2.28. The quantitative estimate of drug-likeness (QED) is 0.471. The molecule has 0 spiro atoms. The molecule has 2 aromatic carbocycles. The van der Waals surface area contributed by atoms with Gasteiger partial charge in [0.1, 0.15) is 5.75 Å². The molecule has 0 aromatic heterocycles. The molecule has 100 valence electrons. The maximum Gasteiger partial charge on any atom is 0.119 e. The molecule has 0 aliphatic rings. The standard InChI is InChI=1S/C14H11BrCl2OS/c15-10-1-3-11(4-2-10)18-7-8-19-12-5-6-13(16)14(17)9-12/h1-6,9H,7-8H2. The summed E-state index contributed by atoms with van der Waals surface area (Å²) in [7, 11) is 0. The fourth-order valence-electron chi connectivity index (χ4n) is 1.42. The number of hydrogen-bond acceptors (Lipinski definition) is 2. The van der Waals surface area contributed by atoms with Crippen molar-refractivity contribution in [2.24, 2.45) is 0 Å². The molecule has 5 heteroatoms. The van der Waals surface area contributed by atoms with Gasteiger partial charge in [0, 0.05) is 15.1 Å². The van der Waals surface area contributed by atoms with Crippen molar-refractivity contribution in [3.8, 4) is 5.75 Å². The Labute approximate surface area is 135 Å². The summed E-state index contributed by atoms with van der Waals surface area (Å²) in [6.07, 6.45) is 0. The molecule has 0 saturated heterocycles. The van der Waals surface area contributed by atoms with E-state index in [9.17, 15) is 0 Å². The largest absolute Gasteiger partial charge is 0.493 e. The molecule has 0 fully saturated rings. The van der Waals surface area contributed by atoms with Crippen LogP contribution in [0.4, 0.5) is 0 Å². The third kappa shape index (κ3) is 4.92. The van der Waals surface area contributed by atoms with Crippen molar-refractivity contribution >= 4 is 50.9 Å². The molecule has 1 nitrogen and oxygen atoms in total. The van der Waals surface area contributed by atoms with E-state index in [0.29, 0.717) is 16.7 Å². The molecule has 0 unspecified atom stereocenters. The summed E-state index contributed by atoms with van der Waals surface area (Å²) in [6.45, 7) is 0.645. The van der Waals surface area contributed by atoms with Gasteiger partial charge in [0.15, 0.2) is 0 Å². The van der Waals surface area contributed by atoms with Gasteiger partial charge in [-0.15, -0.1) is 11.8 Å². The second kappa shape index (κ2) is 7.44. The highest BCUT2D eigenvalue weighted by atomic mass is 79.9. The van der Waals surface area contributed by atoms with Gasteiger partial charge >= 0.3 is 0 Å². The van der Waals surface area contributed by atoms with Gasteiger partial charge in [-0.3, -0.25) is 0 Å². The van der Waals surface area contributed by atoms with Gasteiger partial charge < -0.3 is 4.74 Å². The molecular formula is C14H11BrCl2OS. The zero-order chi connectivity index (χ0) is 13.7. The molecule has 0 saturated carbocycles. The Kier molecular flexibility index (Phi) is 5.89. The van der Waals surface area contributed by atoms with Gasteiger partial charge in [-0.05, 0) is 42.5 Å². The predicted molar refractivity (Wildman–Crippen MR) is 86.8 cm³/mol. The van der Waals surface area contributed by atoms with Gasteiger partial charge in [0.25, 0.3) is 0 Å². The van der Waals surface area contributed by atoms with E-state index in [1.807, 2.05) is 42.5 Å². The first-order valence-corrected chi connectivity index (χ1v) is 8.15. The Balaban J connectivity index is 1.77. The van der Waals surface area contributed by atoms with Crippen molar-refractivity contribution in [1.29, 1.82) is 0 Å². The average Bonchev–Trinajstić information content (AvgIpc) is 2.41. The monoisotopic (exact) mass is 376 g/mol. The summed E-state index contributed by atoms with van der Waals surface area (Å²) < 4.78 is 6.68. The van der Waals surface area contributed by atoms with E-state index in [-0.39, 0.29) is 0 Å². The molecule has 19 heavy (non-hydrogen) atoms. The van der Waals surface area contributed by atoms with Crippen LogP contribution in [-0.4, -0.2) is 12.4 Å². The molecule has 0 N–H and O–H groups in total. The van der Waals surface area contributed by atoms with E-state index >= 15 is 0 Å². The van der Waals surface area contributed by atoms with Crippen molar-refractivity contribution in [1.82, 2.24) is 0 Å². The molecule has 0 aliphatic carbocycles. The molecule has 0 bridgehead atoms. The van der Waals surface area contributed by atoms with Gasteiger partial charge in [-0.1, -0.05) is 39.1 Å². The number of hydrogen-bond donors (Lipinski definition) is 0. The Hall–Kier alpha value is -0.350. The smallest absolute Gasteiger partial charge is 0.119 e. The van der Waals surface area contributed by atoms with E-state index in [0.717, 1.165) is 20.9 Å². The van der Waals surface area contributed by atoms with Crippen LogP contribution in [0.25, 0.3) is 0 Å². The molecule has 0 heterocycles.